The van der Waals surface area contributed by atoms with Crippen LogP contribution in [0.25, 0.3) is 11.1 Å². The molecular formula is C29H35N5O8. The minimum absolute atomic E-state index is 0.0626. The van der Waals surface area contributed by atoms with E-state index in [-0.39, 0.29) is 18.4 Å². The molecule has 0 fully saturated rings. The van der Waals surface area contributed by atoms with Crippen LogP contribution in [0.15, 0.2) is 48.5 Å². The van der Waals surface area contributed by atoms with Crippen molar-refractivity contribution in [3.63, 3.8) is 0 Å². The second-order valence-electron chi connectivity index (χ2n) is 10.2. The third-order valence-electron chi connectivity index (χ3n) is 6.71. The Morgan fingerprint density at radius 2 is 1.38 bits per heavy atom. The molecule has 0 aliphatic heterocycles. The number of primary amides is 2. The van der Waals surface area contributed by atoms with Gasteiger partial charge in [0.25, 0.3) is 5.91 Å². The van der Waals surface area contributed by atoms with Gasteiger partial charge in [0.2, 0.25) is 17.7 Å². The lowest BCUT2D eigenvalue weighted by Crippen LogP contribution is -2.53. The molecule has 1 aliphatic rings. The maximum Gasteiger partial charge on any atom is 0.407 e. The summed E-state index contributed by atoms with van der Waals surface area (Å²) in [6.45, 7) is 4.02. The quantitative estimate of drug-likeness (QED) is 0.209. The molecule has 0 saturated heterocycles. The summed E-state index contributed by atoms with van der Waals surface area (Å²) in [5.74, 6) is -4.89. The zero-order valence-corrected chi connectivity index (χ0v) is 23.5. The molecule has 5 amide bonds. The highest BCUT2D eigenvalue weighted by molar-refractivity contribution is 5.92. The molecule has 42 heavy (non-hydrogen) atoms. The number of nitrogens with two attached hydrogens (primary N) is 2. The standard InChI is InChI=1S/C29H35N5O8/c1-15(2)25(27(38)32-16(3)28(39)41-14-24(36)33-22(26(31)37)12-23(30)35)34-29(40)42-13-21-19-10-6-4-8-17(19)18-9-5-7-11-20(18)21/h4-11,15-16,21-22,25H,12-14H2,1-3H3,(H2,30,35)(H2,31,37)(H,32,38)(H,33,36)(H,34,40)/t16-,22-,25-/m0/s1. The molecule has 7 N–H and O–H groups in total. The number of esters is 1. The van der Waals surface area contributed by atoms with Gasteiger partial charge < -0.3 is 36.9 Å². The molecular weight excluding hydrogens is 546 g/mol. The van der Waals surface area contributed by atoms with Crippen LogP contribution in [-0.4, -0.2) is 67.0 Å². The summed E-state index contributed by atoms with van der Waals surface area (Å²) in [5, 5.41) is 7.15. The van der Waals surface area contributed by atoms with Gasteiger partial charge in [-0.1, -0.05) is 62.4 Å². The summed E-state index contributed by atoms with van der Waals surface area (Å²) >= 11 is 0. The number of hydrogen-bond donors (Lipinski definition) is 5. The average molecular weight is 582 g/mol. The summed E-state index contributed by atoms with van der Waals surface area (Å²) in [5.41, 5.74) is 14.4. The molecule has 13 nitrogen and oxygen atoms in total. The van der Waals surface area contributed by atoms with Crippen LogP contribution in [0.1, 0.15) is 44.2 Å². The molecule has 2 aromatic rings. The van der Waals surface area contributed by atoms with Crippen LogP contribution in [0.5, 0.6) is 0 Å². The van der Waals surface area contributed by atoms with Crippen molar-refractivity contribution in [2.45, 2.75) is 51.2 Å². The van der Waals surface area contributed by atoms with Crippen LogP contribution in [0.2, 0.25) is 0 Å². The first-order chi connectivity index (χ1) is 19.9. The lowest BCUT2D eigenvalue weighted by molar-refractivity contribution is -0.151. The lowest BCUT2D eigenvalue weighted by atomic mass is 9.98. The van der Waals surface area contributed by atoms with Crippen LogP contribution >= 0.6 is 0 Å². The molecule has 0 aromatic heterocycles. The van der Waals surface area contributed by atoms with E-state index in [0.29, 0.717) is 0 Å². The summed E-state index contributed by atoms with van der Waals surface area (Å²) < 4.78 is 10.4. The first kappa shape index (κ1) is 31.6. The highest BCUT2D eigenvalue weighted by Gasteiger charge is 2.31. The van der Waals surface area contributed by atoms with Crippen LogP contribution in [0.4, 0.5) is 4.79 Å². The van der Waals surface area contributed by atoms with E-state index in [1.54, 1.807) is 13.8 Å². The Kier molecular flexibility index (Phi) is 10.6. The highest BCUT2D eigenvalue weighted by Crippen LogP contribution is 2.44. The molecule has 0 bridgehead atoms. The molecule has 0 unspecified atom stereocenters. The molecule has 0 heterocycles. The Morgan fingerprint density at radius 3 is 1.90 bits per heavy atom. The molecule has 2 aromatic carbocycles. The number of rotatable bonds is 13. The maximum atomic E-state index is 12.9. The SMILES string of the molecule is CC(C)[C@H](NC(=O)OCC1c2ccccc2-c2ccccc21)C(=O)N[C@@H](C)C(=O)OCC(=O)N[C@@H](CC(N)=O)C(N)=O. The van der Waals surface area contributed by atoms with E-state index in [0.717, 1.165) is 22.3 Å². The maximum absolute atomic E-state index is 12.9. The van der Waals surface area contributed by atoms with Crippen LogP contribution in [0.3, 0.4) is 0 Å². The van der Waals surface area contributed by atoms with Crippen molar-refractivity contribution in [3.8, 4) is 11.1 Å². The van der Waals surface area contributed by atoms with Gasteiger partial charge in [-0.25, -0.2) is 9.59 Å². The summed E-state index contributed by atoms with van der Waals surface area (Å²) in [7, 11) is 0. The van der Waals surface area contributed by atoms with E-state index in [4.69, 9.17) is 20.9 Å². The number of hydrogen-bond acceptors (Lipinski definition) is 8. The number of carbonyl (C=O) groups is 6. The minimum atomic E-state index is -1.36. The molecule has 3 rings (SSSR count). The second-order valence-corrected chi connectivity index (χ2v) is 10.2. The van der Waals surface area contributed by atoms with E-state index in [1.807, 2.05) is 48.5 Å². The zero-order valence-electron chi connectivity index (χ0n) is 23.5. The van der Waals surface area contributed by atoms with Gasteiger partial charge >= 0.3 is 12.1 Å². The van der Waals surface area contributed by atoms with E-state index in [9.17, 15) is 28.8 Å². The van der Waals surface area contributed by atoms with Gasteiger partial charge in [0, 0.05) is 5.92 Å². The fourth-order valence-corrected chi connectivity index (χ4v) is 4.59. The van der Waals surface area contributed by atoms with Gasteiger partial charge in [0.05, 0.1) is 6.42 Å². The summed E-state index contributed by atoms with van der Waals surface area (Å²) in [4.78, 5) is 72.4. The number of nitrogens with one attached hydrogen (secondary N) is 3. The summed E-state index contributed by atoms with van der Waals surface area (Å²) in [6.07, 6.45) is -1.31. The van der Waals surface area contributed by atoms with E-state index < -0.39 is 66.8 Å². The minimum Gasteiger partial charge on any atom is -0.454 e. The van der Waals surface area contributed by atoms with Gasteiger partial charge in [-0.2, -0.15) is 0 Å². The number of benzene rings is 2. The predicted octanol–water partition coefficient (Wildman–Crippen LogP) is 0.443. The smallest absolute Gasteiger partial charge is 0.407 e. The highest BCUT2D eigenvalue weighted by atomic mass is 16.5. The van der Waals surface area contributed by atoms with Crippen LogP contribution in [0, 0.1) is 5.92 Å². The molecule has 3 atom stereocenters. The van der Waals surface area contributed by atoms with Crippen molar-refractivity contribution in [1.29, 1.82) is 0 Å². The fraction of sp³-hybridized carbons (Fsp3) is 0.379. The van der Waals surface area contributed by atoms with Gasteiger partial charge in [-0.05, 0) is 35.1 Å². The molecule has 224 valence electrons. The Labute approximate surface area is 242 Å². The molecule has 0 spiro atoms. The van der Waals surface area contributed by atoms with Gasteiger partial charge in [-0.15, -0.1) is 0 Å². The van der Waals surface area contributed by atoms with Gasteiger partial charge in [0.1, 0.15) is 24.7 Å². The Balaban J connectivity index is 1.51. The third-order valence-corrected chi connectivity index (χ3v) is 6.71. The lowest BCUT2D eigenvalue weighted by Gasteiger charge is -2.24. The first-order valence-electron chi connectivity index (χ1n) is 13.3. The Hall–Kier alpha value is -4.94. The third kappa shape index (κ3) is 8.05. The number of amides is 5. The number of ether oxygens (including phenoxy) is 2. The first-order valence-corrected chi connectivity index (χ1v) is 13.3. The van der Waals surface area contributed by atoms with Crippen molar-refractivity contribution < 1.29 is 38.2 Å². The topological polar surface area (TPSA) is 209 Å². The molecule has 0 saturated carbocycles. The zero-order chi connectivity index (χ0) is 31.0. The van der Waals surface area contributed by atoms with E-state index in [1.165, 1.54) is 6.92 Å². The number of alkyl carbamates (subject to hydrolysis) is 1. The predicted molar refractivity (Wildman–Crippen MR) is 150 cm³/mol. The van der Waals surface area contributed by atoms with Crippen molar-refractivity contribution in [3.05, 3.63) is 59.7 Å². The number of fused-ring (bicyclic) bond motifs is 3. The monoisotopic (exact) mass is 581 g/mol. The van der Waals surface area contributed by atoms with Crippen molar-refractivity contribution in [2.75, 3.05) is 13.2 Å². The number of carbonyl (C=O) groups excluding carboxylic acids is 6. The van der Waals surface area contributed by atoms with Crippen LogP contribution in [-0.2, 0) is 33.4 Å². The second kappa shape index (κ2) is 14.1. The normalized spacial score (nSPS) is 14.0. The Bertz CT molecular complexity index is 1320. The van der Waals surface area contributed by atoms with Crippen LogP contribution < -0.4 is 27.4 Å². The van der Waals surface area contributed by atoms with Gasteiger partial charge in [-0.3, -0.25) is 19.2 Å². The van der Waals surface area contributed by atoms with Crippen molar-refractivity contribution >= 4 is 35.7 Å². The van der Waals surface area contributed by atoms with E-state index in [2.05, 4.69) is 16.0 Å². The molecule has 0 radical (unpaired) electrons. The van der Waals surface area contributed by atoms with Crippen molar-refractivity contribution in [1.82, 2.24) is 16.0 Å². The summed E-state index contributed by atoms with van der Waals surface area (Å²) in [6, 6.07) is 12.2. The fourth-order valence-electron chi connectivity index (χ4n) is 4.59. The van der Waals surface area contributed by atoms with Crippen molar-refractivity contribution in [2.24, 2.45) is 17.4 Å². The largest absolute Gasteiger partial charge is 0.454 e. The van der Waals surface area contributed by atoms with E-state index >= 15 is 0 Å². The average Bonchev–Trinajstić information content (AvgIpc) is 3.26. The molecule has 13 heteroatoms. The Morgan fingerprint density at radius 1 is 0.810 bits per heavy atom. The van der Waals surface area contributed by atoms with Gasteiger partial charge in [0.15, 0.2) is 6.61 Å². The molecule has 1 aliphatic carbocycles.